The Labute approximate surface area is 149 Å². The van der Waals surface area contributed by atoms with Crippen LogP contribution in [0, 0.1) is 0 Å². The SMILES string of the molecule is COc1ccc(CC(=O)N2CC(c3nc(-c4cccs4)no3)C2)cc1. The summed E-state index contributed by atoms with van der Waals surface area (Å²) in [6.07, 6.45) is 0.390. The molecular weight excluding hydrogens is 338 g/mol. The second-order valence-corrected chi connectivity index (χ2v) is 6.90. The molecule has 1 aliphatic heterocycles. The van der Waals surface area contributed by atoms with Crippen LogP contribution in [0.25, 0.3) is 10.7 Å². The van der Waals surface area contributed by atoms with E-state index in [1.807, 2.05) is 46.7 Å². The number of rotatable bonds is 5. The van der Waals surface area contributed by atoms with E-state index in [1.165, 1.54) is 0 Å². The van der Waals surface area contributed by atoms with Gasteiger partial charge in [0.05, 0.1) is 24.3 Å². The maximum absolute atomic E-state index is 12.3. The second-order valence-electron chi connectivity index (χ2n) is 5.95. The summed E-state index contributed by atoms with van der Waals surface area (Å²) in [5.74, 6) is 2.25. The van der Waals surface area contributed by atoms with E-state index < -0.39 is 0 Å². The van der Waals surface area contributed by atoms with Gasteiger partial charge >= 0.3 is 0 Å². The Hall–Kier alpha value is -2.67. The van der Waals surface area contributed by atoms with E-state index in [0.29, 0.717) is 31.2 Å². The van der Waals surface area contributed by atoms with Gasteiger partial charge in [-0.1, -0.05) is 23.4 Å². The molecular formula is C18H17N3O3S. The molecule has 3 heterocycles. The molecule has 0 N–H and O–H groups in total. The molecule has 0 atom stereocenters. The highest BCUT2D eigenvalue weighted by Crippen LogP contribution is 2.29. The second kappa shape index (κ2) is 6.68. The first kappa shape index (κ1) is 15.8. The molecule has 0 saturated carbocycles. The fourth-order valence-corrected chi connectivity index (χ4v) is 3.42. The molecule has 1 fully saturated rings. The van der Waals surface area contributed by atoms with E-state index in [-0.39, 0.29) is 11.8 Å². The molecule has 3 aromatic rings. The molecule has 7 heteroatoms. The quantitative estimate of drug-likeness (QED) is 0.704. The lowest BCUT2D eigenvalue weighted by molar-refractivity contribution is -0.135. The zero-order valence-corrected chi connectivity index (χ0v) is 14.5. The number of amides is 1. The Morgan fingerprint density at radius 2 is 2.12 bits per heavy atom. The lowest BCUT2D eigenvalue weighted by Gasteiger charge is -2.37. The van der Waals surface area contributed by atoms with Crippen LogP contribution in [-0.4, -0.2) is 41.1 Å². The Bertz CT molecular complexity index is 852. The summed E-state index contributed by atoms with van der Waals surface area (Å²) >= 11 is 1.58. The number of methoxy groups -OCH3 is 1. The zero-order valence-electron chi connectivity index (χ0n) is 13.7. The lowest BCUT2D eigenvalue weighted by atomic mass is 9.99. The minimum absolute atomic E-state index is 0.111. The highest BCUT2D eigenvalue weighted by molar-refractivity contribution is 7.13. The average Bonchev–Trinajstić information content (AvgIpc) is 3.25. The molecule has 4 rings (SSSR count). The summed E-state index contributed by atoms with van der Waals surface area (Å²) in [7, 11) is 1.63. The molecule has 0 unspecified atom stereocenters. The maximum atomic E-state index is 12.3. The normalized spacial score (nSPS) is 14.4. The van der Waals surface area contributed by atoms with Crippen molar-refractivity contribution in [3.63, 3.8) is 0 Å². The van der Waals surface area contributed by atoms with Gasteiger partial charge in [-0.15, -0.1) is 11.3 Å². The van der Waals surface area contributed by atoms with Gasteiger partial charge < -0.3 is 14.2 Å². The number of hydrogen-bond acceptors (Lipinski definition) is 6. The van der Waals surface area contributed by atoms with E-state index >= 15 is 0 Å². The van der Waals surface area contributed by atoms with Crippen LogP contribution in [0.5, 0.6) is 5.75 Å². The Morgan fingerprint density at radius 1 is 1.32 bits per heavy atom. The van der Waals surface area contributed by atoms with Gasteiger partial charge in [0.1, 0.15) is 5.75 Å². The fourth-order valence-electron chi connectivity index (χ4n) is 2.78. The molecule has 1 aliphatic rings. The fraction of sp³-hybridized carbons (Fsp3) is 0.278. The van der Waals surface area contributed by atoms with Crippen molar-refractivity contribution >= 4 is 17.2 Å². The number of likely N-dealkylation sites (tertiary alicyclic amines) is 1. The van der Waals surface area contributed by atoms with Crippen LogP contribution < -0.4 is 4.74 Å². The number of thiophene rings is 1. The third-order valence-corrected chi connectivity index (χ3v) is 5.15. The van der Waals surface area contributed by atoms with Crippen LogP contribution in [0.4, 0.5) is 0 Å². The van der Waals surface area contributed by atoms with Crippen molar-refractivity contribution in [2.24, 2.45) is 0 Å². The van der Waals surface area contributed by atoms with Gasteiger partial charge in [0.2, 0.25) is 17.6 Å². The number of benzene rings is 1. The first-order chi connectivity index (χ1) is 12.2. The summed E-state index contributed by atoms with van der Waals surface area (Å²) in [5.41, 5.74) is 0.979. The van der Waals surface area contributed by atoms with E-state index in [2.05, 4.69) is 10.1 Å². The largest absolute Gasteiger partial charge is 0.497 e. The molecule has 0 spiro atoms. The predicted molar refractivity (Wildman–Crippen MR) is 93.6 cm³/mol. The van der Waals surface area contributed by atoms with E-state index in [9.17, 15) is 4.79 Å². The Kier molecular flexibility index (Phi) is 4.23. The van der Waals surface area contributed by atoms with Gasteiger partial charge in [-0.05, 0) is 29.1 Å². The van der Waals surface area contributed by atoms with Gasteiger partial charge in [0, 0.05) is 13.1 Å². The molecule has 1 aromatic carbocycles. The van der Waals surface area contributed by atoms with Crippen molar-refractivity contribution in [1.29, 1.82) is 0 Å². The molecule has 25 heavy (non-hydrogen) atoms. The predicted octanol–water partition coefficient (Wildman–Crippen LogP) is 2.98. The summed E-state index contributed by atoms with van der Waals surface area (Å²) in [4.78, 5) is 19.6. The van der Waals surface area contributed by atoms with Crippen LogP contribution in [0.1, 0.15) is 17.4 Å². The number of carbonyl (C=O) groups is 1. The van der Waals surface area contributed by atoms with Crippen molar-refractivity contribution < 1.29 is 14.1 Å². The van der Waals surface area contributed by atoms with Crippen LogP contribution in [0.3, 0.4) is 0 Å². The average molecular weight is 355 g/mol. The molecule has 128 valence electrons. The van der Waals surface area contributed by atoms with E-state index in [0.717, 1.165) is 16.2 Å². The summed E-state index contributed by atoms with van der Waals surface area (Å²) in [6, 6.07) is 11.5. The molecule has 1 amide bonds. The van der Waals surface area contributed by atoms with Crippen molar-refractivity contribution in [3.8, 4) is 16.5 Å². The molecule has 1 saturated heterocycles. The highest BCUT2D eigenvalue weighted by Gasteiger charge is 2.35. The number of carbonyl (C=O) groups excluding carboxylic acids is 1. The van der Waals surface area contributed by atoms with Gasteiger partial charge in [-0.3, -0.25) is 4.79 Å². The van der Waals surface area contributed by atoms with Crippen LogP contribution in [0.15, 0.2) is 46.3 Å². The van der Waals surface area contributed by atoms with Crippen molar-refractivity contribution in [2.75, 3.05) is 20.2 Å². The number of aromatic nitrogens is 2. The summed E-state index contributed by atoms with van der Waals surface area (Å²) < 4.78 is 10.5. The number of ether oxygens (including phenoxy) is 1. The van der Waals surface area contributed by atoms with Crippen LogP contribution in [-0.2, 0) is 11.2 Å². The molecule has 0 radical (unpaired) electrons. The molecule has 0 bridgehead atoms. The van der Waals surface area contributed by atoms with E-state index in [4.69, 9.17) is 9.26 Å². The Balaban J connectivity index is 1.33. The van der Waals surface area contributed by atoms with Gasteiger partial charge in [-0.2, -0.15) is 4.98 Å². The maximum Gasteiger partial charge on any atom is 0.233 e. The standard InChI is InChI=1S/C18H17N3O3S/c1-23-14-6-4-12(5-7-14)9-16(22)21-10-13(11-21)18-19-17(20-24-18)15-3-2-8-25-15/h2-8,13H,9-11H2,1H3. The Morgan fingerprint density at radius 3 is 2.80 bits per heavy atom. The van der Waals surface area contributed by atoms with Crippen LogP contribution in [0.2, 0.25) is 0 Å². The monoisotopic (exact) mass is 355 g/mol. The van der Waals surface area contributed by atoms with Crippen molar-refractivity contribution in [1.82, 2.24) is 15.0 Å². The highest BCUT2D eigenvalue weighted by atomic mass is 32.1. The first-order valence-corrected chi connectivity index (χ1v) is 8.89. The van der Waals surface area contributed by atoms with Gasteiger partial charge in [0.25, 0.3) is 0 Å². The topological polar surface area (TPSA) is 68.5 Å². The van der Waals surface area contributed by atoms with Crippen molar-refractivity contribution in [3.05, 3.63) is 53.2 Å². The smallest absolute Gasteiger partial charge is 0.233 e. The lowest BCUT2D eigenvalue weighted by Crippen LogP contribution is -2.49. The van der Waals surface area contributed by atoms with E-state index in [1.54, 1.807) is 18.4 Å². The van der Waals surface area contributed by atoms with Gasteiger partial charge in [0.15, 0.2) is 0 Å². The molecule has 0 aliphatic carbocycles. The van der Waals surface area contributed by atoms with Gasteiger partial charge in [-0.25, -0.2) is 0 Å². The number of hydrogen-bond donors (Lipinski definition) is 0. The van der Waals surface area contributed by atoms with Crippen LogP contribution >= 0.6 is 11.3 Å². The minimum Gasteiger partial charge on any atom is -0.497 e. The zero-order chi connectivity index (χ0) is 17.2. The summed E-state index contributed by atoms with van der Waals surface area (Å²) in [5, 5.41) is 6.00. The summed E-state index contributed by atoms with van der Waals surface area (Å²) in [6.45, 7) is 1.25. The molecule has 2 aromatic heterocycles. The third-order valence-electron chi connectivity index (χ3n) is 4.28. The minimum atomic E-state index is 0.111. The third kappa shape index (κ3) is 3.28. The first-order valence-electron chi connectivity index (χ1n) is 8.01. The molecule has 6 nitrogen and oxygen atoms in total. The van der Waals surface area contributed by atoms with Crippen molar-refractivity contribution in [2.45, 2.75) is 12.3 Å². The number of nitrogens with zero attached hydrogens (tertiary/aromatic N) is 3.